The number of carbonyl (C=O) groups is 1. The average molecular weight is 785 g/mol. The summed E-state index contributed by atoms with van der Waals surface area (Å²) >= 11 is 0. The first-order valence-electron chi connectivity index (χ1n) is 15.3. The number of halogens is 5. The van der Waals surface area contributed by atoms with Gasteiger partial charge >= 0.3 is 17.8 Å². The van der Waals surface area contributed by atoms with E-state index in [9.17, 15) is 32.5 Å². The molecule has 0 saturated carbocycles. The molecule has 6 rings (SSSR count). The molecule has 0 aliphatic rings. The van der Waals surface area contributed by atoms with Crippen molar-refractivity contribution in [1.82, 2.24) is 34.3 Å². The van der Waals surface area contributed by atoms with Crippen LogP contribution in [0.1, 0.15) is 17.1 Å². The second kappa shape index (κ2) is 14.8. The summed E-state index contributed by atoms with van der Waals surface area (Å²) < 4.78 is 56.1. The number of anilines is 3. The predicted molar refractivity (Wildman–Crippen MR) is 179 cm³/mol. The Morgan fingerprint density at radius 2 is 1.87 bits per heavy atom. The first-order chi connectivity index (χ1) is 24.2. The molecule has 0 aliphatic carbocycles. The fourth-order valence-electron chi connectivity index (χ4n) is 5.54. The van der Waals surface area contributed by atoms with Gasteiger partial charge in [0.05, 0.1) is 50.6 Å². The van der Waals surface area contributed by atoms with Gasteiger partial charge in [-0.05, 0) is 57.9 Å². The summed E-state index contributed by atoms with van der Waals surface area (Å²) in [6.45, 7) is 0.395. The van der Waals surface area contributed by atoms with Crippen molar-refractivity contribution in [3.05, 3.63) is 112 Å². The Bertz CT molecular complexity index is 2320. The summed E-state index contributed by atoms with van der Waals surface area (Å²) in [7, 11) is 4.39. The van der Waals surface area contributed by atoms with Gasteiger partial charge in [0.1, 0.15) is 30.3 Å². The van der Waals surface area contributed by atoms with E-state index in [-0.39, 0.29) is 51.9 Å². The fraction of sp³-hybridized carbons (Fsp3) is 0.212. The van der Waals surface area contributed by atoms with Crippen LogP contribution in [0, 0.1) is 15.9 Å². The highest BCUT2D eigenvalue weighted by atomic mass is 79.9. The normalized spacial score (nSPS) is 12.0. The van der Waals surface area contributed by atoms with E-state index in [0.29, 0.717) is 33.5 Å². The van der Waals surface area contributed by atoms with Crippen molar-refractivity contribution in [2.24, 2.45) is 7.05 Å². The van der Waals surface area contributed by atoms with Crippen LogP contribution in [-0.2, 0) is 31.1 Å². The Labute approximate surface area is 303 Å². The third-order valence-corrected chi connectivity index (χ3v) is 7.96. The van der Waals surface area contributed by atoms with Gasteiger partial charge in [0, 0.05) is 29.6 Å². The van der Waals surface area contributed by atoms with Crippen LogP contribution >= 0.6 is 0 Å². The SMILES string of the molecule is Cn1c(C(F)(F)F)nc([N+](=O)[O-])c1C[N+](C)(C)C/C=C/C(=O)Nc1cc2c(Nc3ccc4c(cnn4Cc4cccc(F)c4)c3)ncnc2cn1.[Br-]. The Morgan fingerprint density at radius 1 is 1.08 bits per heavy atom. The topological polar surface area (TPSA) is 159 Å². The maximum atomic E-state index is 13.7. The minimum Gasteiger partial charge on any atom is -1.00 e. The lowest BCUT2D eigenvalue weighted by atomic mass is 10.2. The molecular formula is C33H30BrF4N11O3. The van der Waals surface area contributed by atoms with E-state index >= 15 is 0 Å². The summed E-state index contributed by atoms with van der Waals surface area (Å²) in [6, 6.07) is 13.6. The largest absolute Gasteiger partial charge is 1.00 e. The van der Waals surface area contributed by atoms with Gasteiger partial charge in [-0.25, -0.2) is 19.3 Å². The monoisotopic (exact) mass is 783 g/mol. The average Bonchev–Trinajstić information content (AvgIpc) is 3.61. The number of aromatic nitrogens is 7. The lowest BCUT2D eigenvalue weighted by Crippen LogP contribution is -3.00. The Balaban J connectivity index is 0.00000523. The van der Waals surface area contributed by atoms with Crippen molar-refractivity contribution in [3.8, 4) is 0 Å². The van der Waals surface area contributed by atoms with Gasteiger partial charge < -0.3 is 42.2 Å². The number of carbonyl (C=O) groups excluding carboxylic acids is 1. The first-order valence-corrected chi connectivity index (χ1v) is 15.3. The Kier molecular flexibility index (Phi) is 10.7. The van der Waals surface area contributed by atoms with Crippen LogP contribution in [0.3, 0.4) is 0 Å². The number of rotatable bonds is 11. The molecule has 0 bridgehead atoms. The molecule has 52 heavy (non-hydrogen) atoms. The van der Waals surface area contributed by atoms with Gasteiger partial charge in [-0.3, -0.25) is 14.0 Å². The fourth-order valence-corrected chi connectivity index (χ4v) is 5.54. The zero-order chi connectivity index (χ0) is 36.5. The number of pyridine rings is 1. The van der Waals surface area contributed by atoms with E-state index in [0.717, 1.165) is 23.5 Å². The van der Waals surface area contributed by atoms with Crippen LogP contribution in [0.5, 0.6) is 0 Å². The van der Waals surface area contributed by atoms with Crippen LogP contribution in [0.15, 0.2) is 79.4 Å². The minimum absolute atomic E-state index is 0. The quantitative estimate of drug-likeness (QED) is 0.0663. The number of quaternary nitrogens is 1. The molecule has 14 nitrogen and oxygen atoms in total. The van der Waals surface area contributed by atoms with Crippen molar-refractivity contribution < 1.29 is 48.7 Å². The van der Waals surface area contributed by atoms with Crippen molar-refractivity contribution in [1.29, 1.82) is 0 Å². The van der Waals surface area contributed by atoms with Crippen molar-refractivity contribution in [2.45, 2.75) is 19.3 Å². The molecule has 1 amide bonds. The molecule has 6 aromatic rings. The predicted octanol–water partition coefficient (Wildman–Crippen LogP) is 2.74. The van der Waals surface area contributed by atoms with Crippen molar-refractivity contribution in [2.75, 3.05) is 31.3 Å². The molecule has 0 radical (unpaired) electrons. The van der Waals surface area contributed by atoms with E-state index in [1.165, 1.54) is 36.8 Å². The van der Waals surface area contributed by atoms with Gasteiger partial charge in [0.15, 0.2) is 5.69 Å². The second-order valence-corrected chi connectivity index (χ2v) is 12.3. The number of imidazole rings is 1. The number of nitro groups is 1. The van der Waals surface area contributed by atoms with E-state index in [1.807, 2.05) is 24.3 Å². The summed E-state index contributed by atoms with van der Waals surface area (Å²) in [5.41, 5.74) is 2.67. The van der Waals surface area contributed by atoms with Crippen LogP contribution < -0.4 is 27.6 Å². The smallest absolute Gasteiger partial charge is 0.475 e. The number of benzene rings is 2. The maximum absolute atomic E-state index is 13.7. The third-order valence-electron chi connectivity index (χ3n) is 7.96. The highest BCUT2D eigenvalue weighted by Crippen LogP contribution is 2.33. The molecule has 19 heteroatoms. The molecule has 0 fully saturated rings. The molecule has 0 atom stereocenters. The van der Waals surface area contributed by atoms with Crippen LogP contribution in [0.2, 0.25) is 0 Å². The highest BCUT2D eigenvalue weighted by molar-refractivity contribution is 6.00. The Hall–Kier alpha value is -5.82. The number of hydrogen-bond acceptors (Lipinski definition) is 9. The summed E-state index contributed by atoms with van der Waals surface area (Å²) in [5.74, 6) is -2.41. The van der Waals surface area contributed by atoms with Crippen LogP contribution in [0.4, 0.5) is 40.7 Å². The molecule has 4 aromatic heterocycles. The number of amides is 1. The zero-order valence-electron chi connectivity index (χ0n) is 27.8. The zero-order valence-corrected chi connectivity index (χ0v) is 29.4. The minimum atomic E-state index is -4.86. The lowest BCUT2D eigenvalue weighted by molar-refractivity contribution is -0.898. The van der Waals surface area contributed by atoms with Crippen molar-refractivity contribution in [3.63, 3.8) is 0 Å². The van der Waals surface area contributed by atoms with E-state index in [4.69, 9.17) is 0 Å². The summed E-state index contributed by atoms with van der Waals surface area (Å²) in [4.78, 5) is 39.4. The van der Waals surface area contributed by atoms with Gasteiger partial charge in [-0.15, -0.1) is 0 Å². The molecule has 0 unspecified atom stereocenters. The number of fused-ring (bicyclic) bond motifs is 2. The molecular weight excluding hydrogens is 754 g/mol. The van der Waals surface area contributed by atoms with E-state index in [2.05, 4.69) is 35.7 Å². The van der Waals surface area contributed by atoms with Gasteiger partial charge in [-0.2, -0.15) is 18.3 Å². The maximum Gasteiger partial charge on any atom is 0.475 e. The van der Waals surface area contributed by atoms with Crippen LogP contribution in [0.25, 0.3) is 21.8 Å². The molecule has 2 aromatic carbocycles. The molecule has 2 N–H and O–H groups in total. The van der Waals surface area contributed by atoms with Gasteiger partial charge in [-0.1, -0.05) is 12.1 Å². The number of likely N-dealkylation sites (N-methyl/N-ethyl adjacent to an activating group) is 1. The number of nitrogens with one attached hydrogen (secondary N) is 2. The van der Waals surface area contributed by atoms with Crippen molar-refractivity contribution >= 4 is 50.9 Å². The summed E-state index contributed by atoms with van der Waals surface area (Å²) in [5, 5.41) is 23.3. The number of nitrogens with zero attached hydrogens (tertiary/aromatic N) is 9. The van der Waals surface area contributed by atoms with Gasteiger partial charge in [0.25, 0.3) is 0 Å². The number of hydrogen-bond donors (Lipinski definition) is 2. The second-order valence-electron chi connectivity index (χ2n) is 12.3. The molecule has 0 spiro atoms. The van der Waals surface area contributed by atoms with E-state index < -0.39 is 28.6 Å². The molecule has 270 valence electrons. The summed E-state index contributed by atoms with van der Waals surface area (Å²) in [6.07, 6.45) is 2.48. The highest BCUT2D eigenvalue weighted by Gasteiger charge is 2.45. The van der Waals surface area contributed by atoms with E-state index in [1.54, 1.807) is 37.1 Å². The molecule has 4 heterocycles. The lowest BCUT2D eigenvalue weighted by Gasteiger charge is -2.28. The standard InChI is InChI=1S/C33H29F4N11O3.BrH/c1-45-27(31(47(50)51)44-32(45)33(35,36)37)18-48(2,3)11-5-8-29(49)43-28-14-24-25(16-38-28)39-19-40-30(24)42-23-9-10-26-21(13-23)15-41-46(26)17-20-6-4-7-22(34)12-20;/h4-10,12-16,19H,11,17-18H2,1-3H3,(H-,38,39,40,42,43,49);1H/b8-5+;. The third kappa shape index (κ3) is 8.37. The van der Waals surface area contributed by atoms with Gasteiger partial charge in [0.2, 0.25) is 5.91 Å². The Morgan fingerprint density at radius 3 is 2.60 bits per heavy atom. The molecule has 0 aliphatic heterocycles. The first kappa shape index (κ1) is 37.4. The molecule has 0 saturated heterocycles. The number of alkyl halides is 3. The van der Waals surface area contributed by atoms with Crippen LogP contribution in [-0.4, -0.2) is 70.2 Å².